The molecule has 226 valence electrons. The molecule has 7 rings (SSSR count). The minimum atomic E-state index is -0.993. The van der Waals surface area contributed by atoms with Crippen molar-refractivity contribution in [3.8, 4) is 17.4 Å². The van der Waals surface area contributed by atoms with Gasteiger partial charge in [-0.05, 0) is 67.1 Å². The van der Waals surface area contributed by atoms with Crippen molar-refractivity contribution in [2.24, 2.45) is 0 Å². The standard InChI is InChI=1S/C33H28N6O4S2/c1-20-12-14-26(24-10-5-3-8-22(20)24)38-19-34-36-31(38)44-18-28(40)43-30-35-37-32(45-33(29(41)42)16-7-17-33)39(30)27-15-13-21(2)23-9-4-6-11-25(23)27/h3-6,8-15,19H,7,16-18H2,1-2H3,(H,41,42). The molecule has 2 aromatic heterocycles. The molecule has 0 atom stereocenters. The van der Waals surface area contributed by atoms with Crippen LogP contribution in [0, 0.1) is 13.8 Å². The number of fused-ring (bicyclic) bond motifs is 2. The van der Waals surface area contributed by atoms with Crippen LogP contribution in [0.3, 0.4) is 0 Å². The first-order valence-corrected chi connectivity index (χ1v) is 16.2. The summed E-state index contributed by atoms with van der Waals surface area (Å²) in [5.41, 5.74) is 3.85. The molecule has 1 N–H and O–H groups in total. The van der Waals surface area contributed by atoms with Crippen LogP contribution >= 0.6 is 23.5 Å². The Hall–Kier alpha value is -4.68. The molecule has 0 bridgehead atoms. The van der Waals surface area contributed by atoms with Gasteiger partial charge in [-0.1, -0.05) is 89.3 Å². The number of carbonyl (C=O) groups is 2. The second kappa shape index (κ2) is 11.7. The van der Waals surface area contributed by atoms with Crippen molar-refractivity contribution in [1.82, 2.24) is 29.5 Å². The molecule has 1 aliphatic carbocycles. The Morgan fingerprint density at radius 1 is 0.822 bits per heavy atom. The predicted octanol–water partition coefficient (Wildman–Crippen LogP) is 6.57. The molecular formula is C33H28N6O4S2. The number of rotatable bonds is 9. The van der Waals surface area contributed by atoms with E-state index in [-0.39, 0.29) is 11.8 Å². The fraction of sp³-hybridized carbons (Fsp3) is 0.212. The third kappa shape index (κ3) is 5.23. The van der Waals surface area contributed by atoms with Gasteiger partial charge >= 0.3 is 17.9 Å². The number of aliphatic carboxylic acids is 1. The molecule has 1 saturated carbocycles. The third-order valence-electron chi connectivity index (χ3n) is 8.22. The molecule has 0 spiro atoms. The molecular weight excluding hydrogens is 609 g/mol. The zero-order chi connectivity index (χ0) is 31.1. The lowest BCUT2D eigenvalue weighted by Gasteiger charge is -2.36. The van der Waals surface area contributed by atoms with Crippen molar-refractivity contribution in [3.05, 3.63) is 90.3 Å². The number of carbonyl (C=O) groups excluding carboxylic acids is 1. The zero-order valence-electron chi connectivity index (χ0n) is 24.5. The summed E-state index contributed by atoms with van der Waals surface area (Å²) in [6.07, 6.45) is 3.50. The molecule has 0 radical (unpaired) electrons. The highest BCUT2D eigenvalue weighted by Crippen LogP contribution is 2.48. The fourth-order valence-electron chi connectivity index (χ4n) is 5.64. The molecule has 0 unspecified atom stereocenters. The van der Waals surface area contributed by atoms with Crippen molar-refractivity contribution in [2.45, 2.75) is 48.2 Å². The topological polar surface area (TPSA) is 125 Å². The van der Waals surface area contributed by atoms with Crippen LogP contribution in [0.5, 0.6) is 6.01 Å². The van der Waals surface area contributed by atoms with Crippen LogP contribution in [0.2, 0.25) is 0 Å². The van der Waals surface area contributed by atoms with E-state index in [0.29, 0.717) is 28.8 Å². The van der Waals surface area contributed by atoms with Gasteiger partial charge in [0.25, 0.3) is 0 Å². The van der Waals surface area contributed by atoms with Crippen LogP contribution in [-0.2, 0) is 9.59 Å². The first kappa shape index (κ1) is 29.1. The zero-order valence-corrected chi connectivity index (χ0v) is 26.1. The van der Waals surface area contributed by atoms with Crippen LogP contribution in [-0.4, -0.2) is 57.1 Å². The van der Waals surface area contributed by atoms with Gasteiger partial charge in [-0.25, -0.2) is 4.57 Å². The second-order valence-corrected chi connectivity index (χ2v) is 13.3. The summed E-state index contributed by atoms with van der Waals surface area (Å²) >= 11 is 2.36. The lowest BCUT2D eigenvalue weighted by molar-refractivity contribution is -0.142. The van der Waals surface area contributed by atoms with E-state index >= 15 is 0 Å². The van der Waals surface area contributed by atoms with Gasteiger partial charge in [-0.2, -0.15) is 0 Å². The van der Waals surface area contributed by atoms with Crippen molar-refractivity contribution in [1.29, 1.82) is 0 Å². The Kier molecular flexibility index (Phi) is 7.54. The summed E-state index contributed by atoms with van der Waals surface area (Å²) in [4.78, 5) is 25.5. The van der Waals surface area contributed by atoms with Gasteiger partial charge in [-0.15, -0.1) is 15.3 Å². The maximum atomic E-state index is 13.3. The highest BCUT2D eigenvalue weighted by atomic mass is 32.2. The van der Waals surface area contributed by atoms with Crippen molar-refractivity contribution >= 4 is 57.0 Å². The predicted molar refractivity (Wildman–Crippen MR) is 174 cm³/mol. The molecule has 0 aliphatic heterocycles. The summed E-state index contributed by atoms with van der Waals surface area (Å²) in [5.74, 6) is -1.50. The van der Waals surface area contributed by atoms with Crippen LogP contribution in [0.1, 0.15) is 30.4 Å². The number of aryl methyl sites for hydroxylation is 2. The van der Waals surface area contributed by atoms with Gasteiger partial charge in [0.2, 0.25) is 0 Å². The lowest BCUT2D eigenvalue weighted by Crippen LogP contribution is -2.42. The first-order chi connectivity index (χ1) is 21.8. The Bertz CT molecular complexity index is 2100. The van der Waals surface area contributed by atoms with Crippen molar-refractivity contribution in [2.75, 3.05) is 5.75 Å². The maximum Gasteiger partial charge on any atom is 0.330 e. The average molecular weight is 637 g/mol. The number of nitrogens with zero attached hydrogens (tertiary/aromatic N) is 6. The highest BCUT2D eigenvalue weighted by Gasteiger charge is 2.47. The number of carboxylic acid groups (broad SMARTS) is 1. The average Bonchev–Trinajstić information content (AvgIpc) is 3.65. The van der Waals surface area contributed by atoms with Gasteiger partial charge in [0.05, 0.1) is 17.1 Å². The summed E-state index contributed by atoms with van der Waals surface area (Å²) in [6, 6.07) is 24.0. The number of carboxylic acids is 1. The molecule has 0 amide bonds. The van der Waals surface area contributed by atoms with E-state index in [4.69, 9.17) is 4.74 Å². The quantitative estimate of drug-likeness (QED) is 0.138. The maximum absolute atomic E-state index is 13.3. The van der Waals surface area contributed by atoms with Crippen molar-refractivity contribution < 1.29 is 19.4 Å². The number of hydrogen-bond donors (Lipinski definition) is 1. The van der Waals surface area contributed by atoms with Gasteiger partial charge in [0.15, 0.2) is 10.3 Å². The molecule has 4 aromatic carbocycles. The number of esters is 1. The first-order valence-electron chi connectivity index (χ1n) is 14.4. The number of benzene rings is 4. The fourth-order valence-corrected chi connectivity index (χ4v) is 7.62. The van der Waals surface area contributed by atoms with Gasteiger partial charge < -0.3 is 9.84 Å². The number of thioether (sulfide) groups is 2. The largest absolute Gasteiger partial charge is 0.480 e. The van der Waals surface area contributed by atoms with Gasteiger partial charge in [-0.3, -0.25) is 14.2 Å². The summed E-state index contributed by atoms with van der Waals surface area (Å²) in [7, 11) is 0. The molecule has 6 aromatic rings. The van der Waals surface area contributed by atoms with Crippen LogP contribution in [0.15, 0.2) is 89.4 Å². The number of aromatic nitrogens is 6. The van der Waals surface area contributed by atoms with E-state index in [1.165, 1.54) is 11.8 Å². The number of hydrogen-bond acceptors (Lipinski definition) is 9. The number of ether oxygens (including phenoxy) is 1. The molecule has 45 heavy (non-hydrogen) atoms. The van der Waals surface area contributed by atoms with Gasteiger partial charge in [0, 0.05) is 10.8 Å². The molecule has 2 heterocycles. The highest BCUT2D eigenvalue weighted by molar-refractivity contribution is 8.01. The molecule has 1 fully saturated rings. The van der Waals surface area contributed by atoms with E-state index in [9.17, 15) is 14.7 Å². The van der Waals surface area contributed by atoms with Crippen LogP contribution in [0.25, 0.3) is 32.9 Å². The van der Waals surface area contributed by atoms with Crippen LogP contribution in [0.4, 0.5) is 0 Å². The van der Waals surface area contributed by atoms with E-state index in [2.05, 4.69) is 45.5 Å². The molecule has 10 nitrogen and oxygen atoms in total. The Balaban J connectivity index is 1.19. The molecule has 1 aliphatic rings. The Morgan fingerprint density at radius 3 is 2.07 bits per heavy atom. The Morgan fingerprint density at radius 2 is 1.44 bits per heavy atom. The van der Waals surface area contributed by atoms with E-state index in [1.807, 2.05) is 66.1 Å². The third-order valence-corrected chi connectivity index (χ3v) is 10.6. The van der Waals surface area contributed by atoms with E-state index in [0.717, 1.165) is 56.5 Å². The smallest absolute Gasteiger partial charge is 0.330 e. The summed E-state index contributed by atoms with van der Waals surface area (Å²) < 4.78 is 8.35. The second-order valence-electron chi connectivity index (χ2n) is 11.0. The van der Waals surface area contributed by atoms with E-state index < -0.39 is 16.7 Å². The van der Waals surface area contributed by atoms with Crippen LogP contribution < -0.4 is 4.74 Å². The summed E-state index contributed by atoms with van der Waals surface area (Å²) in [5, 5.41) is 31.9. The van der Waals surface area contributed by atoms with Gasteiger partial charge in [0.1, 0.15) is 11.1 Å². The normalized spacial score (nSPS) is 14.0. The molecule has 12 heteroatoms. The Labute approximate surface area is 266 Å². The SMILES string of the molecule is Cc1ccc(-n2cnnc2SCC(=O)Oc2nnc(SC3(C(=O)O)CCC3)n2-c2ccc(C)c3ccccc23)c2ccccc12. The lowest BCUT2D eigenvalue weighted by atomic mass is 9.84. The minimum Gasteiger partial charge on any atom is -0.480 e. The monoisotopic (exact) mass is 636 g/mol. The minimum absolute atomic E-state index is 0.0250. The van der Waals surface area contributed by atoms with E-state index in [1.54, 1.807) is 10.9 Å². The van der Waals surface area contributed by atoms with Crippen molar-refractivity contribution in [3.63, 3.8) is 0 Å². The molecule has 0 saturated heterocycles. The summed E-state index contributed by atoms with van der Waals surface area (Å²) in [6.45, 7) is 4.09.